The summed E-state index contributed by atoms with van der Waals surface area (Å²) in [5, 5.41) is 2.84. The van der Waals surface area contributed by atoms with Crippen molar-refractivity contribution in [3.63, 3.8) is 0 Å². The van der Waals surface area contributed by atoms with Crippen molar-refractivity contribution in [2.45, 2.75) is 63.6 Å². The summed E-state index contributed by atoms with van der Waals surface area (Å²) in [6.45, 7) is 0. The molecule has 0 heterocycles. The molecular formula is C15H23F3N2O2. The number of alkyl halides is 3. The second-order valence-corrected chi connectivity index (χ2v) is 6.58. The number of rotatable bonds is 4. The molecule has 2 saturated carbocycles. The minimum Gasteiger partial charge on any atom is -0.369 e. The van der Waals surface area contributed by atoms with Gasteiger partial charge in [-0.15, -0.1) is 0 Å². The van der Waals surface area contributed by atoms with E-state index in [0.717, 1.165) is 12.8 Å². The van der Waals surface area contributed by atoms with Crippen LogP contribution in [0.4, 0.5) is 13.2 Å². The van der Waals surface area contributed by atoms with Crippen molar-refractivity contribution in [1.29, 1.82) is 0 Å². The van der Waals surface area contributed by atoms with Crippen molar-refractivity contribution in [2.75, 3.05) is 0 Å². The lowest BCUT2D eigenvalue weighted by atomic mass is 9.80. The molecule has 0 aromatic rings. The highest BCUT2D eigenvalue weighted by Crippen LogP contribution is 2.40. The summed E-state index contributed by atoms with van der Waals surface area (Å²) in [6.07, 6.45) is -0.517. The highest BCUT2D eigenvalue weighted by atomic mass is 19.4. The van der Waals surface area contributed by atoms with Gasteiger partial charge in [0.1, 0.15) is 0 Å². The molecule has 0 aromatic carbocycles. The summed E-state index contributed by atoms with van der Waals surface area (Å²) in [7, 11) is 0. The Kier molecular flexibility index (Phi) is 5.34. The van der Waals surface area contributed by atoms with Gasteiger partial charge in [-0.1, -0.05) is 6.42 Å². The van der Waals surface area contributed by atoms with Crippen LogP contribution in [0.15, 0.2) is 0 Å². The van der Waals surface area contributed by atoms with Gasteiger partial charge in [0.05, 0.1) is 11.8 Å². The molecule has 2 fully saturated rings. The van der Waals surface area contributed by atoms with Crippen molar-refractivity contribution < 1.29 is 22.8 Å². The smallest absolute Gasteiger partial charge is 0.369 e. The molecule has 2 aliphatic carbocycles. The van der Waals surface area contributed by atoms with Crippen molar-refractivity contribution in [3.05, 3.63) is 0 Å². The third-order valence-electron chi connectivity index (χ3n) is 5.01. The van der Waals surface area contributed by atoms with Crippen LogP contribution in [0.25, 0.3) is 0 Å². The van der Waals surface area contributed by atoms with Gasteiger partial charge >= 0.3 is 6.18 Å². The molecule has 0 unspecified atom stereocenters. The average Bonchev–Trinajstić information content (AvgIpc) is 2.86. The fourth-order valence-electron chi connectivity index (χ4n) is 3.70. The number of hydrogen-bond acceptors (Lipinski definition) is 2. The van der Waals surface area contributed by atoms with E-state index >= 15 is 0 Å². The largest absolute Gasteiger partial charge is 0.391 e. The molecule has 4 nitrogen and oxygen atoms in total. The standard InChI is InChI=1S/C15H23F3N2O2/c16-15(17,18)10-6-4-9(5-7-10)8-13(21)20-12-3-1-2-11(12)14(19)22/h9-12H,1-8H2,(H2,19,22)(H,20,21)/t9?,10?,11-,12-/m1/s1. The van der Waals surface area contributed by atoms with E-state index in [4.69, 9.17) is 5.73 Å². The van der Waals surface area contributed by atoms with Gasteiger partial charge in [-0.2, -0.15) is 13.2 Å². The van der Waals surface area contributed by atoms with Crippen LogP contribution in [0.5, 0.6) is 0 Å². The predicted molar refractivity (Wildman–Crippen MR) is 74.6 cm³/mol. The Morgan fingerprint density at radius 2 is 1.68 bits per heavy atom. The van der Waals surface area contributed by atoms with Gasteiger partial charge in [-0.25, -0.2) is 0 Å². The van der Waals surface area contributed by atoms with Gasteiger partial charge in [0.2, 0.25) is 11.8 Å². The molecule has 7 heteroatoms. The Bertz CT molecular complexity index is 418. The van der Waals surface area contributed by atoms with Gasteiger partial charge in [0.25, 0.3) is 0 Å². The first-order chi connectivity index (χ1) is 10.3. The lowest BCUT2D eigenvalue weighted by Crippen LogP contribution is -2.43. The molecule has 0 aliphatic heterocycles. The van der Waals surface area contributed by atoms with E-state index in [9.17, 15) is 22.8 Å². The first-order valence-electron chi connectivity index (χ1n) is 7.92. The fraction of sp³-hybridized carbons (Fsp3) is 0.867. The molecule has 0 saturated heterocycles. The Balaban J connectivity index is 1.75. The third-order valence-corrected chi connectivity index (χ3v) is 5.01. The van der Waals surface area contributed by atoms with Crippen molar-refractivity contribution in [2.24, 2.45) is 23.5 Å². The maximum atomic E-state index is 12.6. The molecule has 22 heavy (non-hydrogen) atoms. The van der Waals surface area contributed by atoms with Gasteiger partial charge < -0.3 is 11.1 Å². The van der Waals surface area contributed by atoms with E-state index in [1.807, 2.05) is 0 Å². The number of carbonyl (C=O) groups excluding carboxylic acids is 2. The molecule has 0 bridgehead atoms. The topological polar surface area (TPSA) is 72.2 Å². The highest BCUT2D eigenvalue weighted by molar-refractivity contribution is 5.80. The van der Waals surface area contributed by atoms with Crippen LogP contribution in [-0.2, 0) is 9.59 Å². The summed E-state index contributed by atoms with van der Waals surface area (Å²) in [5.41, 5.74) is 5.31. The van der Waals surface area contributed by atoms with E-state index in [1.54, 1.807) is 0 Å². The van der Waals surface area contributed by atoms with Gasteiger partial charge in [0, 0.05) is 12.5 Å². The molecule has 126 valence electrons. The van der Waals surface area contributed by atoms with Crippen LogP contribution in [0.2, 0.25) is 0 Å². The molecule has 2 atom stereocenters. The van der Waals surface area contributed by atoms with Crippen molar-refractivity contribution >= 4 is 11.8 Å². The van der Waals surface area contributed by atoms with Crippen molar-refractivity contribution in [3.8, 4) is 0 Å². The minimum absolute atomic E-state index is 0.00651. The zero-order valence-electron chi connectivity index (χ0n) is 12.5. The molecule has 0 spiro atoms. The zero-order chi connectivity index (χ0) is 16.3. The average molecular weight is 320 g/mol. The fourth-order valence-corrected chi connectivity index (χ4v) is 3.70. The molecule has 2 amide bonds. The van der Waals surface area contributed by atoms with Crippen molar-refractivity contribution in [1.82, 2.24) is 5.32 Å². The van der Waals surface area contributed by atoms with Crippen LogP contribution in [0.3, 0.4) is 0 Å². The Morgan fingerprint density at radius 3 is 2.23 bits per heavy atom. The lowest BCUT2D eigenvalue weighted by Gasteiger charge is -2.30. The molecular weight excluding hydrogens is 297 g/mol. The normalized spacial score (nSPS) is 32.7. The monoisotopic (exact) mass is 320 g/mol. The van der Waals surface area contributed by atoms with E-state index < -0.39 is 18.0 Å². The molecule has 2 aliphatic rings. The summed E-state index contributed by atoms with van der Waals surface area (Å²) in [6, 6.07) is -0.212. The second kappa shape index (κ2) is 6.87. The number of nitrogens with one attached hydrogen (secondary N) is 1. The quantitative estimate of drug-likeness (QED) is 0.835. The number of carbonyl (C=O) groups is 2. The summed E-state index contributed by atoms with van der Waals surface area (Å²) in [5.74, 6) is -2.10. The van der Waals surface area contributed by atoms with Crippen LogP contribution in [0, 0.1) is 17.8 Å². The van der Waals surface area contributed by atoms with E-state index in [2.05, 4.69) is 5.32 Å². The maximum Gasteiger partial charge on any atom is 0.391 e. The Hall–Kier alpha value is -1.27. The maximum absolute atomic E-state index is 12.6. The zero-order valence-corrected chi connectivity index (χ0v) is 12.5. The Morgan fingerprint density at radius 1 is 1.05 bits per heavy atom. The van der Waals surface area contributed by atoms with Crippen LogP contribution in [0.1, 0.15) is 51.4 Å². The SMILES string of the molecule is NC(=O)[C@@H]1CCC[C@H]1NC(=O)CC1CCC(C(F)(F)F)CC1. The van der Waals surface area contributed by atoms with Gasteiger partial charge in [-0.05, 0) is 44.4 Å². The van der Waals surface area contributed by atoms with E-state index in [0.29, 0.717) is 19.3 Å². The molecule has 0 radical (unpaired) electrons. The summed E-state index contributed by atoms with van der Waals surface area (Å²) < 4.78 is 37.8. The van der Waals surface area contributed by atoms with E-state index in [1.165, 1.54) is 0 Å². The first-order valence-corrected chi connectivity index (χ1v) is 7.92. The van der Waals surface area contributed by atoms with Crippen LogP contribution < -0.4 is 11.1 Å². The number of amides is 2. The molecule has 0 aromatic heterocycles. The number of halogens is 3. The first kappa shape index (κ1) is 17.1. The van der Waals surface area contributed by atoms with E-state index in [-0.39, 0.29) is 43.0 Å². The molecule has 2 rings (SSSR count). The second-order valence-electron chi connectivity index (χ2n) is 6.58. The number of nitrogens with two attached hydrogens (primary N) is 1. The predicted octanol–water partition coefficient (Wildman–Crippen LogP) is 2.52. The number of primary amides is 1. The minimum atomic E-state index is -4.12. The summed E-state index contributed by atoms with van der Waals surface area (Å²) in [4.78, 5) is 23.3. The number of hydrogen-bond donors (Lipinski definition) is 2. The summed E-state index contributed by atoms with van der Waals surface area (Å²) >= 11 is 0. The van der Waals surface area contributed by atoms with Crippen LogP contribution >= 0.6 is 0 Å². The Labute approximate surface area is 128 Å². The van der Waals surface area contributed by atoms with Gasteiger partial charge in [-0.3, -0.25) is 9.59 Å². The highest BCUT2D eigenvalue weighted by Gasteiger charge is 2.41. The molecule has 3 N–H and O–H groups in total. The third kappa shape index (κ3) is 4.36. The van der Waals surface area contributed by atoms with Crippen LogP contribution in [-0.4, -0.2) is 24.0 Å². The lowest BCUT2D eigenvalue weighted by molar-refractivity contribution is -0.184. The van der Waals surface area contributed by atoms with Gasteiger partial charge in [0.15, 0.2) is 0 Å².